The van der Waals surface area contributed by atoms with Crippen molar-refractivity contribution in [2.45, 2.75) is 24.5 Å². The average molecular weight is 340 g/mol. The maximum atomic E-state index is 12.3. The van der Waals surface area contributed by atoms with Gasteiger partial charge in [-0.05, 0) is 24.8 Å². The molecule has 0 saturated carbocycles. The highest BCUT2D eigenvalue weighted by molar-refractivity contribution is 7.91. The molecule has 2 heterocycles. The molecule has 0 atom stereocenters. The van der Waals surface area contributed by atoms with Gasteiger partial charge in [0, 0.05) is 31.9 Å². The molecule has 0 aliphatic heterocycles. The number of rotatable bonds is 7. The maximum Gasteiger partial charge on any atom is 0.252 e. The van der Waals surface area contributed by atoms with Crippen LogP contribution >= 0.6 is 11.3 Å². The molecule has 0 aliphatic rings. The number of anilines is 1. The molecule has 0 spiro atoms. The van der Waals surface area contributed by atoms with Gasteiger partial charge < -0.3 is 5.32 Å². The molecule has 120 valence electrons. The molecular formula is C14H20N4O2S2. The highest BCUT2D eigenvalue weighted by Gasteiger charge is 2.21. The lowest BCUT2D eigenvalue weighted by atomic mass is 10.3. The molecule has 0 saturated heterocycles. The van der Waals surface area contributed by atoms with Gasteiger partial charge in [0.15, 0.2) is 0 Å². The van der Waals surface area contributed by atoms with Crippen molar-refractivity contribution in [2.24, 2.45) is 0 Å². The van der Waals surface area contributed by atoms with Crippen molar-refractivity contribution in [2.75, 3.05) is 25.5 Å². The van der Waals surface area contributed by atoms with E-state index < -0.39 is 10.0 Å². The molecule has 1 N–H and O–H groups in total. The Labute approximate surface area is 135 Å². The van der Waals surface area contributed by atoms with E-state index >= 15 is 0 Å². The van der Waals surface area contributed by atoms with Crippen molar-refractivity contribution < 1.29 is 8.42 Å². The van der Waals surface area contributed by atoms with Crippen LogP contribution in [0.1, 0.15) is 18.4 Å². The van der Waals surface area contributed by atoms with Crippen LogP contribution in [0, 0.1) is 6.92 Å². The number of nitrogens with one attached hydrogen (secondary N) is 1. The van der Waals surface area contributed by atoms with E-state index in [4.69, 9.17) is 0 Å². The number of aryl methyl sites for hydroxylation is 2. The van der Waals surface area contributed by atoms with E-state index in [0.29, 0.717) is 23.1 Å². The minimum Gasteiger partial charge on any atom is -0.369 e. The summed E-state index contributed by atoms with van der Waals surface area (Å²) in [7, 11) is -1.81. The van der Waals surface area contributed by atoms with Crippen LogP contribution in [0.5, 0.6) is 0 Å². The highest BCUT2D eigenvalue weighted by Crippen LogP contribution is 2.19. The standard InChI is InChI=1S/C14H20N4O2S2/c1-4-12-10-13(17-11(2)16-12)15-7-8-18(3)22(19,20)14-6-5-9-21-14/h5-6,9-10H,4,7-8H2,1-3H3,(H,15,16,17). The third-order valence-electron chi connectivity index (χ3n) is 3.15. The molecule has 0 bridgehead atoms. The molecule has 2 aromatic heterocycles. The Balaban J connectivity index is 1.95. The summed E-state index contributed by atoms with van der Waals surface area (Å²) in [6.07, 6.45) is 0.838. The minimum absolute atomic E-state index is 0.362. The van der Waals surface area contributed by atoms with Gasteiger partial charge in [-0.1, -0.05) is 13.0 Å². The summed E-state index contributed by atoms with van der Waals surface area (Å²) >= 11 is 1.22. The predicted octanol–water partition coefficient (Wildman–Crippen LogP) is 2.14. The summed E-state index contributed by atoms with van der Waals surface area (Å²) in [5.41, 5.74) is 0.967. The quantitative estimate of drug-likeness (QED) is 0.836. The number of sulfonamides is 1. The molecule has 2 rings (SSSR count). The SMILES string of the molecule is CCc1cc(NCCN(C)S(=O)(=O)c2cccs2)nc(C)n1. The van der Waals surface area contributed by atoms with Gasteiger partial charge in [-0.25, -0.2) is 18.4 Å². The second kappa shape index (κ2) is 7.17. The normalized spacial score (nSPS) is 11.8. The first-order chi connectivity index (χ1) is 10.4. The first kappa shape index (κ1) is 16.9. The van der Waals surface area contributed by atoms with Gasteiger partial charge >= 0.3 is 0 Å². The van der Waals surface area contributed by atoms with Gasteiger partial charge in [0.1, 0.15) is 15.9 Å². The number of likely N-dealkylation sites (N-methyl/N-ethyl adjacent to an activating group) is 1. The van der Waals surface area contributed by atoms with E-state index in [1.54, 1.807) is 24.6 Å². The zero-order valence-electron chi connectivity index (χ0n) is 12.9. The Morgan fingerprint density at radius 2 is 2.14 bits per heavy atom. The Hall–Kier alpha value is -1.51. The molecule has 8 heteroatoms. The van der Waals surface area contributed by atoms with Gasteiger partial charge in [0.25, 0.3) is 10.0 Å². The average Bonchev–Trinajstić information content (AvgIpc) is 3.01. The second-order valence-electron chi connectivity index (χ2n) is 4.83. The number of hydrogen-bond acceptors (Lipinski definition) is 6. The summed E-state index contributed by atoms with van der Waals surface area (Å²) in [5, 5.41) is 4.91. The Bertz CT molecular complexity index is 714. The zero-order chi connectivity index (χ0) is 16.2. The summed E-state index contributed by atoms with van der Waals surface area (Å²) < 4.78 is 26.3. The minimum atomic E-state index is -3.39. The molecule has 0 amide bonds. The predicted molar refractivity (Wildman–Crippen MR) is 88.8 cm³/mol. The van der Waals surface area contributed by atoms with E-state index in [1.165, 1.54) is 15.6 Å². The summed E-state index contributed by atoms with van der Waals surface area (Å²) in [6, 6.07) is 5.24. The third kappa shape index (κ3) is 4.02. The van der Waals surface area contributed by atoms with E-state index in [1.807, 2.05) is 19.9 Å². The van der Waals surface area contributed by atoms with E-state index in [2.05, 4.69) is 15.3 Å². The van der Waals surface area contributed by atoms with Crippen molar-refractivity contribution >= 4 is 27.2 Å². The first-order valence-corrected chi connectivity index (χ1v) is 9.33. The Morgan fingerprint density at radius 3 is 2.77 bits per heavy atom. The highest BCUT2D eigenvalue weighted by atomic mass is 32.2. The van der Waals surface area contributed by atoms with Crippen LogP contribution in [-0.4, -0.2) is 42.8 Å². The number of aromatic nitrogens is 2. The smallest absolute Gasteiger partial charge is 0.252 e. The lowest BCUT2D eigenvalue weighted by Gasteiger charge is -2.16. The fourth-order valence-electron chi connectivity index (χ4n) is 1.93. The number of hydrogen-bond donors (Lipinski definition) is 1. The fourth-order valence-corrected chi connectivity index (χ4v) is 4.30. The lowest BCUT2D eigenvalue weighted by Crippen LogP contribution is -2.31. The zero-order valence-corrected chi connectivity index (χ0v) is 14.5. The van der Waals surface area contributed by atoms with E-state index in [0.717, 1.165) is 17.9 Å². The molecule has 0 aliphatic carbocycles. The number of nitrogens with zero attached hydrogens (tertiary/aromatic N) is 3. The van der Waals surface area contributed by atoms with Crippen molar-refractivity contribution in [1.29, 1.82) is 0 Å². The van der Waals surface area contributed by atoms with Crippen LogP contribution in [-0.2, 0) is 16.4 Å². The van der Waals surface area contributed by atoms with Crippen LogP contribution in [0.15, 0.2) is 27.8 Å². The van der Waals surface area contributed by atoms with Crippen LogP contribution < -0.4 is 5.32 Å². The van der Waals surface area contributed by atoms with Crippen LogP contribution in [0.4, 0.5) is 5.82 Å². The maximum absolute atomic E-state index is 12.3. The van der Waals surface area contributed by atoms with Gasteiger partial charge in [-0.3, -0.25) is 0 Å². The monoisotopic (exact) mass is 340 g/mol. The van der Waals surface area contributed by atoms with Crippen molar-refractivity contribution in [3.05, 3.63) is 35.1 Å². The van der Waals surface area contributed by atoms with E-state index in [9.17, 15) is 8.42 Å². The molecule has 2 aromatic rings. The van der Waals surface area contributed by atoms with Crippen LogP contribution in [0.25, 0.3) is 0 Å². The number of thiophene rings is 1. The molecule has 0 aromatic carbocycles. The lowest BCUT2D eigenvalue weighted by molar-refractivity contribution is 0.482. The molecular weight excluding hydrogens is 320 g/mol. The molecule has 0 fully saturated rings. The van der Waals surface area contributed by atoms with Gasteiger partial charge in [-0.2, -0.15) is 4.31 Å². The summed E-state index contributed by atoms with van der Waals surface area (Å²) in [5.74, 6) is 1.44. The summed E-state index contributed by atoms with van der Waals surface area (Å²) in [4.78, 5) is 8.62. The second-order valence-corrected chi connectivity index (χ2v) is 8.05. The largest absolute Gasteiger partial charge is 0.369 e. The summed E-state index contributed by atoms with van der Waals surface area (Å²) in [6.45, 7) is 4.73. The van der Waals surface area contributed by atoms with Crippen LogP contribution in [0.2, 0.25) is 0 Å². The topological polar surface area (TPSA) is 75.2 Å². The van der Waals surface area contributed by atoms with Gasteiger partial charge in [0.05, 0.1) is 0 Å². The van der Waals surface area contributed by atoms with Crippen molar-refractivity contribution in [3.63, 3.8) is 0 Å². The van der Waals surface area contributed by atoms with Gasteiger partial charge in [-0.15, -0.1) is 11.3 Å². The van der Waals surface area contributed by atoms with Crippen molar-refractivity contribution in [3.8, 4) is 0 Å². The molecule has 0 radical (unpaired) electrons. The fraction of sp³-hybridized carbons (Fsp3) is 0.429. The Morgan fingerprint density at radius 1 is 1.36 bits per heavy atom. The molecule has 0 unspecified atom stereocenters. The first-order valence-electron chi connectivity index (χ1n) is 7.01. The molecule has 6 nitrogen and oxygen atoms in total. The van der Waals surface area contributed by atoms with Crippen LogP contribution in [0.3, 0.4) is 0 Å². The van der Waals surface area contributed by atoms with Crippen molar-refractivity contribution in [1.82, 2.24) is 14.3 Å². The molecule has 22 heavy (non-hydrogen) atoms. The third-order valence-corrected chi connectivity index (χ3v) is 6.38. The van der Waals surface area contributed by atoms with E-state index in [-0.39, 0.29) is 0 Å². The Kier molecular flexibility index (Phi) is 5.49. The van der Waals surface area contributed by atoms with Gasteiger partial charge in [0.2, 0.25) is 0 Å².